The van der Waals surface area contributed by atoms with Gasteiger partial charge in [-0.1, -0.05) is 24.3 Å². The summed E-state index contributed by atoms with van der Waals surface area (Å²) >= 11 is 0. The van der Waals surface area contributed by atoms with Crippen molar-refractivity contribution >= 4 is 44.4 Å². The number of carboxylic acid groups (broad SMARTS) is 1. The molecule has 5 nitrogen and oxygen atoms in total. The summed E-state index contributed by atoms with van der Waals surface area (Å²) in [6.07, 6.45) is 5.47. The van der Waals surface area contributed by atoms with Gasteiger partial charge in [0.05, 0.1) is 5.56 Å². The van der Waals surface area contributed by atoms with Crippen LogP contribution in [0.1, 0.15) is 40.7 Å². The van der Waals surface area contributed by atoms with Crippen LogP contribution in [0.4, 0.5) is 5.69 Å². The van der Waals surface area contributed by atoms with Crippen molar-refractivity contribution in [2.75, 3.05) is 32.1 Å². The van der Waals surface area contributed by atoms with Crippen molar-refractivity contribution in [1.29, 1.82) is 0 Å². The van der Waals surface area contributed by atoms with E-state index in [0.717, 1.165) is 81.5 Å². The third-order valence-corrected chi connectivity index (χ3v) is 8.36. The first-order valence-electron chi connectivity index (χ1n) is 13.6. The van der Waals surface area contributed by atoms with E-state index in [9.17, 15) is 9.90 Å². The molecule has 0 fully saturated rings. The maximum atomic E-state index is 12.4. The number of benzene rings is 4. The standard InChI is InChI=1S/C33H30N2O3/c1-34(2)22-13-15-23-20(18-22)12-14-26-29(24-9-3-4-10-25(24)33(36)37)28-19-21-8-5-6-16-35-17-7-11-27(30(21)35)32(28)38-31(23)26/h3-4,9-10,12-15,18-19H,5-8,11,16-17H2,1-2H3/p+1. The van der Waals surface area contributed by atoms with Gasteiger partial charge in [0.15, 0.2) is 5.36 Å². The number of aryl methyl sites for hydroxylation is 2. The van der Waals surface area contributed by atoms with Gasteiger partial charge in [-0.25, -0.2) is 9.37 Å². The highest BCUT2D eigenvalue weighted by atomic mass is 16.4. The Morgan fingerprint density at radius 1 is 0.868 bits per heavy atom. The van der Waals surface area contributed by atoms with E-state index in [1.54, 1.807) is 12.1 Å². The van der Waals surface area contributed by atoms with Gasteiger partial charge in [-0.15, -0.1) is 0 Å². The van der Waals surface area contributed by atoms with Gasteiger partial charge in [0.2, 0.25) is 0 Å². The van der Waals surface area contributed by atoms with Crippen molar-refractivity contribution < 1.29 is 14.3 Å². The molecule has 1 aromatic heterocycles. The minimum atomic E-state index is -0.915. The monoisotopic (exact) mass is 503 g/mol. The highest BCUT2D eigenvalue weighted by Crippen LogP contribution is 2.46. The Morgan fingerprint density at radius 2 is 1.68 bits per heavy atom. The quantitative estimate of drug-likeness (QED) is 0.176. The summed E-state index contributed by atoms with van der Waals surface area (Å²) in [7, 11) is 4.09. The lowest BCUT2D eigenvalue weighted by molar-refractivity contribution is 0.0697. The molecule has 2 aliphatic heterocycles. The summed E-state index contributed by atoms with van der Waals surface area (Å²) in [5.41, 5.74) is 7.74. The number of rotatable bonds is 2. The topological polar surface area (TPSA) is 56.7 Å². The molecule has 0 saturated carbocycles. The van der Waals surface area contributed by atoms with Gasteiger partial charge in [-0.2, -0.15) is 0 Å². The van der Waals surface area contributed by atoms with Crippen molar-refractivity contribution in [3.8, 4) is 11.1 Å². The van der Waals surface area contributed by atoms with E-state index in [2.05, 4.69) is 45.9 Å². The smallest absolute Gasteiger partial charge is 0.336 e. The molecule has 0 unspecified atom stereocenters. The summed E-state index contributed by atoms with van der Waals surface area (Å²) < 4.78 is 9.05. The largest absolute Gasteiger partial charge is 0.478 e. The number of fused-ring (bicyclic) bond motifs is 5. The van der Waals surface area contributed by atoms with Crippen LogP contribution >= 0.6 is 0 Å². The first-order chi connectivity index (χ1) is 18.5. The van der Waals surface area contributed by atoms with Crippen molar-refractivity contribution in [1.82, 2.24) is 4.58 Å². The molecule has 0 bridgehead atoms. The third-order valence-electron chi connectivity index (χ3n) is 8.36. The molecular weight excluding hydrogens is 472 g/mol. The fraction of sp³-hybridized carbons (Fsp3) is 0.273. The van der Waals surface area contributed by atoms with Crippen LogP contribution in [0.5, 0.6) is 0 Å². The molecule has 7 rings (SSSR count). The van der Waals surface area contributed by atoms with Crippen LogP contribution in [-0.4, -0.2) is 38.3 Å². The van der Waals surface area contributed by atoms with Gasteiger partial charge >= 0.3 is 5.97 Å². The lowest BCUT2D eigenvalue weighted by Gasteiger charge is -2.32. The molecule has 0 radical (unpaired) electrons. The van der Waals surface area contributed by atoms with Gasteiger partial charge in [0.25, 0.3) is 0 Å². The zero-order chi connectivity index (χ0) is 26.0. The van der Waals surface area contributed by atoms with Crippen molar-refractivity contribution in [2.45, 2.75) is 32.1 Å². The number of nitrogens with zero attached hydrogens (tertiary/aromatic N) is 2. The molecule has 0 amide bonds. The molecule has 0 spiro atoms. The average molecular weight is 504 g/mol. The first-order valence-corrected chi connectivity index (χ1v) is 13.6. The average Bonchev–Trinajstić information content (AvgIpc) is 3.14. The van der Waals surface area contributed by atoms with Crippen LogP contribution in [0.3, 0.4) is 0 Å². The Labute approximate surface area is 221 Å². The summed E-state index contributed by atoms with van der Waals surface area (Å²) in [5, 5.41) is 15.4. The zero-order valence-electron chi connectivity index (χ0n) is 21.9. The number of anilines is 1. The Balaban J connectivity index is 1.69. The van der Waals surface area contributed by atoms with Gasteiger partial charge in [-0.3, -0.25) is 0 Å². The Hall–Kier alpha value is -4.12. The maximum absolute atomic E-state index is 12.4. The summed E-state index contributed by atoms with van der Waals surface area (Å²) in [6.45, 7) is 2.17. The van der Waals surface area contributed by atoms with Gasteiger partial charge in [0.1, 0.15) is 25.3 Å². The second kappa shape index (κ2) is 8.73. The van der Waals surface area contributed by atoms with E-state index in [0.29, 0.717) is 5.56 Å². The van der Waals surface area contributed by atoms with E-state index in [1.165, 1.54) is 29.7 Å². The number of aromatic carboxylic acids is 1. The minimum Gasteiger partial charge on any atom is -0.478 e. The fourth-order valence-electron chi connectivity index (χ4n) is 6.59. The molecule has 38 heavy (non-hydrogen) atoms. The lowest BCUT2D eigenvalue weighted by Crippen LogP contribution is -2.30. The molecule has 3 heterocycles. The highest BCUT2D eigenvalue weighted by Gasteiger charge is 2.28. The first kappa shape index (κ1) is 23.0. The number of hydrogen-bond acceptors (Lipinski definition) is 3. The second-order valence-corrected chi connectivity index (χ2v) is 10.9. The van der Waals surface area contributed by atoms with Crippen LogP contribution in [-0.2, 0) is 12.8 Å². The highest BCUT2D eigenvalue weighted by molar-refractivity contribution is 6.18. The SMILES string of the molecule is C[N+](C)=c1ccc2c(ccc3c(-c4ccccc4C(=O)O)c4cc5c6c(c4oc32)CCCN6CCCC5)c1. The molecule has 0 aliphatic carbocycles. The van der Waals surface area contributed by atoms with E-state index in [4.69, 9.17) is 4.42 Å². The number of carbonyl (C=O) groups is 1. The van der Waals surface area contributed by atoms with Gasteiger partial charge < -0.3 is 14.4 Å². The van der Waals surface area contributed by atoms with Crippen LogP contribution in [0, 0.1) is 0 Å². The van der Waals surface area contributed by atoms with E-state index >= 15 is 0 Å². The van der Waals surface area contributed by atoms with Crippen molar-refractivity contribution in [3.63, 3.8) is 0 Å². The summed E-state index contributed by atoms with van der Waals surface area (Å²) in [6, 6.07) is 20.4. The van der Waals surface area contributed by atoms with E-state index < -0.39 is 5.97 Å². The Bertz CT molecular complexity index is 1860. The fourth-order valence-corrected chi connectivity index (χ4v) is 6.59. The van der Waals surface area contributed by atoms with Crippen molar-refractivity contribution in [3.05, 3.63) is 82.7 Å². The molecule has 1 N–H and O–H groups in total. The van der Waals surface area contributed by atoms with Gasteiger partial charge in [0, 0.05) is 58.2 Å². The summed E-state index contributed by atoms with van der Waals surface area (Å²) in [4.78, 5) is 15.0. The molecule has 5 heteroatoms. The summed E-state index contributed by atoms with van der Waals surface area (Å²) in [5.74, 6) is -0.915. The van der Waals surface area contributed by atoms with Crippen LogP contribution in [0.2, 0.25) is 0 Å². The maximum Gasteiger partial charge on any atom is 0.336 e. The van der Waals surface area contributed by atoms with Gasteiger partial charge in [-0.05, 0) is 72.9 Å². The van der Waals surface area contributed by atoms with Crippen LogP contribution in [0.15, 0.2) is 65.1 Å². The molecule has 0 saturated heterocycles. The minimum absolute atomic E-state index is 0.314. The van der Waals surface area contributed by atoms with E-state index in [1.807, 2.05) is 26.2 Å². The van der Waals surface area contributed by atoms with Crippen LogP contribution < -0.4 is 14.8 Å². The second-order valence-electron chi connectivity index (χ2n) is 10.9. The third kappa shape index (κ3) is 3.45. The molecule has 5 aromatic rings. The predicted molar refractivity (Wildman–Crippen MR) is 154 cm³/mol. The number of hydrogen-bond donors (Lipinski definition) is 1. The molecule has 0 atom stereocenters. The number of carboxylic acids is 1. The molecule has 190 valence electrons. The van der Waals surface area contributed by atoms with Crippen molar-refractivity contribution in [2.24, 2.45) is 0 Å². The van der Waals surface area contributed by atoms with E-state index in [-0.39, 0.29) is 0 Å². The Kier molecular flexibility index (Phi) is 5.29. The normalized spacial score (nSPS) is 15.1. The molecule has 4 aromatic carbocycles. The van der Waals surface area contributed by atoms with Crippen LogP contribution in [0.25, 0.3) is 43.8 Å². The molecular formula is C33H31N2O3+. The Morgan fingerprint density at radius 3 is 2.53 bits per heavy atom. The zero-order valence-corrected chi connectivity index (χ0v) is 21.9. The predicted octanol–water partition coefficient (Wildman–Crippen LogP) is 6.23. The molecule has 2 aliphatic rings. The lowest BCUT2D eigenvalue weighted by atomic mass is 9.87.